The number of aromatic nitrogens is 2. The number of benzene rings is 1. The van der Waals surface area contributed by atoms with Gasteiger partial charge in [0.25, 0.3) is 0 Å². The van der Waals surface area contributed by atoms with Crippen LogP contribution < -0.4 is 5.32 Å². The Morgan fingerprint density at radius 3 is 2.74 bits per heavy atom. The highest BCUT2D eigenvalue weighted by Gasteiger charge is 2.21. The second kappa shape index (κ2) is 5.38. The minimum atomic E-state index is -0.634. The van der Waals surface area contributed by atoms with Gasteiger partial charge in [-0.2, -0.15) is 0 Å². The van der Waals surface area contributed by atoms with E-state index in [1.54, 1.807) is 18.2 Å². The Balaban J connectivity index is 2.46. The zero-order valence-corrected chi connectivity index (χ0v) is 11.2. The van der Waals surface area contributed by atoms with Crippen LogP contribution in [0.25, 0.3) is 0 Å². The number of nitro groups is 1. The lowest BCUT2D eigenvalue weighted by atomic mass is 10.2. The van der Waals surface area contributed by atoms with Crippen molar-refractivity contribution in [3.05, 3.63) is 50.4 Å². The Kier molecular flexibility index (Phi) is 3.82. The van der Waals surface area contributed by atoms with Crippen molar-refractivity contribution in [1.82, 2.24) is 9.97 Å². The van der Waals surface area contributed by atoms with Crippen molar-refractivity contribution in [3.8, 4) is 0 Å². The molecule has 1 aromatic heterocycles. The lowest BCUT2D eigenvalue weighted by Crippen LogP contribution is -2.02. The van der Waals surface area contributed by atoms with Crippen LogP contribution in [0.3, 0.4) is 0 Å². The third-order valence-corrected chi connectivity index (χ3v) is 2.92. The molecule has 6 nitrogen and oxygen atoms in total. The summed E-state index contributed by atoms with van der Waals surface area (Å²) in [6, 6.07) is 5.17. The molecular formula is C11H8Cl2N4O2. The number of rotatable bonds is 3. The van der Waals surface area contributed by atoms with Gasteiger partial charge in [0.15, 0.2) is 0 Å². The maximum absolute atomic E-state index is 11.0. The molecule has 0 bridgehead atoms. The molecule has 0 aliphatic carbocycles. The Labute approximate surface area is 118 Å². The van der Waals surface area contributed by atoms with Crippen LogP contribution in [0.5, 0.6) is 0 Å². The fourth-order valence-electron chi connectivity index (χ4n) is 1.47. The van der Waals surface area contributed by atoms with Crippen LogP contribution in [-0.2, 0) is 0 Å². The van der Waals surface area contributed by atoms with Gasteiger partial charge in [0.05, 0.1) is 4.92 Å². The number of nitrogens with one attached hydrogen (secondary N) is 1. The van der Waals surface area contributed by atoms with E-state index in [0.717, 1.165) is 11.9 Å². The molecule has 2 rings (SSSR count). The van der Waals surface area contributed by atoms with Crippen LogP contribution in [0.15, 0.2) is 24.5 Å². The van der Waals surface area contributed by atoms with E-state index in [1.165, 1.54) is 0 Å². The summed E-state index contributed by atoms with van der Waals surface area (Å²) >= 11 is 11.6. The number of hydrogen-bond donors (Lipinski definition) is 1. The van der Waals surface area contributed by atoms with Gasteiger partial charge in [0, 0.05) is 10.7 Å². The highest BCUT2D eigenvalue weighted by molar-refractivity contribution is 6.32. The number of halogens is 2. The first-order valence-corrected chi connectivity index (χ1v) is 5.92. The van der Waals surface area contributed by atoms with Crippen molar-refractivity contribution in [2.75, 3.05) is 5.32 Å². The second-order valence-electron chi connectivity index (χ2n) is 3.70. The van der Waals surface area contributed by atoms with Crippen molar-refractivity contribution in [3.63, 3.8) is 0 Å². The molecule has 0 fully saturated rings. The van der Waals surface area contributed by atoms with E-state index in [9.17, 15) is 10.1 Å². The number of aryl methyl sites for hydroxylation is 1. The number of nitrogens with zero attached hydrogens (tertiary/aromatic N) is 3. The first-order chi connectivity index (χ1) is 8.99. The predicted octanol–water partition coefficient (Wildman–Crippen LogP) is 3.74. The molecule has 1 N–H and O–H groups in total. The molecule has 0 unspecified atom stereocenters. The summed E-state index contributed by atoms with van der Waals surface area (Å²) in [6.45, 7) is 1.84. The van der Waals surface area contributed by atoms with E-state index >= 15 is 0 Å². The van der Waals surface area contributed by atoms with Crippen LogP contribution in [-0.4, -0.2) is 14.9 Å². The maximum Gasteiger partial charge on any atom is 0.348 e. The smallest absolute Gasteiger partial charge is 0.334 e. The van der Waals surface area contributed by atoms with Crippen LogP contribution in [0.1, 0.15) is 5.56 Å². The normalized spacial score (nSPS) is 10.3. The van der Waals surface area contributed by atoms with Crippen molar-refractivity contribution in [2.45, 2.75) is 6.92 Å². The van der Waals surface area contributed by atoms with Gasteiger partial charge >= 0.3 is 5.69 Å². The molecule has 0 saturated heterocycles. The van der Waals surface area contributed by atoms with Crippen molar-refractivity contribution >= 4 is 40.4 Å². The van der Waals surface area contributed by atoms with Crippen LogP contribution in [0, 0.1) is 17.0 Å². The van der Waals surface area contributed by atoms with Crippen molar-refractivity contribution in [2.24, 2.45) is 0 Å². The number of anilines is 2. The largest absolute Gasteiger partial charge is 0.348 e. The third-order valence-electron chi connectivity index (χ3n) is 2.41. The molecule has 1 aromatic carbocycles. The van der Waals surface area contributed by atoms with Gasteiger partial charge in [0.2, 0.25) is 11.0 Å². The van der Waals surface area contributed by atoms with Crippen LogP contribution >= 0.6 is 23.2 Å². The molecule has 0 aliphatic heterocycles. The van der Waals surface area contributed by atoms with Crippen LogP contribution in [0.4, 0.5) is 17.2 Å². The van der Waals surface area contributed by atoms with Gasteiger partial charge in [0.1, 0.15) is 6.33 Å². The second-order valence-corrected chi connectivity index (χ2v) is 4.50. The summed E-state index contributed by atoms with van der Waals surface area (Å²) in [4.78, 5) is 17.7. The standard InChI is InChI=1S/C11H8Cl2N4O2/c1-6-2-3-7(12)4-8(6)16-11-9(17(18)19)10(13)14-5-15-11/h2-5H,1H3,(H,14,15,16). The maximum atomic E-state index is 11.0. The van der Waals surface area contributed by atoms with Gasteiger partial charge in [-0.3, -0.25) is 10.1 Å². The Morgan fingerprint density at radius 2 is 2.05 bits per heavy atom. The highest BCUT2D eigenvalue weighted by atomic mass is 35.5. The number of hydrogen-bond acceptors (Lipinski definition) is 5. The SMILES string of the molecule is Cc1ccc(Cl)cc1Nc1ncnc(Cl)c1[N+](=O)[O-]. The van der Waals surface area contributed by atoms with E-state index in [1.807, 2.05) is 6.92 Å². The first kappa shape index (κ1) is 13.5. The average molecular weight is 299 g/mol. The molecule has 2 aromatic rings. The molecular weight excluding hydrogens is 291 g/mol. The van der Waals surface area contributed by atoms with E-state index in [4.69, 9.17) is 23.2 Å². The molecule has 0 saturated carbocycles. The molecule has 0 radical (unpaired) electrons. The summed E-state index contributed by atoms with van der Waals surface area (Å²) in [7, 11) is 0. The van der Waals surface area contributed by atoms with Gasteiger partial charge in [-0.25, -0.2) is 9.97 Å². The summed E-state index contributed by atoms with van der Waals surface area (Å²) < 4.78 is 0. The molecule has 0 amide bonds. The van der Waals surface area contributed by atoms with Crippen molar-refractivity contribution in [1.29, 1.82) is 0 Å². The highest BCUT2D eigenvalue weighted by Crippen LogP contribution is 2.32. The third kappa shape index (κ3) is 2.91. The minimum absolute atomic E-state index is 0.0235. The molecule has 0 atom stereocenters. The van der Waals surface area contributed by atoms with Gasteiger partial charge in [-0.05, 0) is 24.6 Å². The molecule has 0 spiro atoms. The van der Waals surface area contributed by atoms with E-state index < -0.39 is 4.92 Å². The Bertz CT molecular complexity index is 649. The molecule has 8 heteroatoms. The predicted molar refractivity (Wildman–Crippen MR) is 73.2 cm³/mol. The monoisotopic (exact) mass is 298 g/mol. The van der Waals surface area contributed by atoms with E-state index in [0.29, 0.717) is 10.7 Å². The first-order valence-electron chi connectivity index (χ1n) is 5.17. The lowest BCUT2D eigenvalue weighted by molar-refractivity contribution is -0.384. The molecule has 19 heavy (non-hydrogen) atoms. The van der Waals surface area contributed by atoms with Crippen molar-refractivity contribution < 1.29 is 4.92 Å². The fourth-order valence-corrected chi connectivity index (χ4v) is 1.84. The van der Waals surface area contributed by atoms with E-state index in [2.05, 4.69) is 15.3 Å². The molecule has 1 heterocycles. The summed E-state index contributed by atoms with van der Waals surface area (Å²) in [5, 5.41) is 14.1. The summed E-state index contributed by atoms with van der Waals surface area (Å²) in [5.41, 5.74) is 1.11. The lowest BCUT2D eigenvalue weighted by Gasteiger charge is -2.09. The van der Waals surface area contributed by atoms with Crippen LogP contribution in [0.2, 0.25) is 10.2 Å². The molecule has 0 aliphatic rings. The Hall–Kier alpha value is -1.92. The zero-order chi connectivity index (χ0) is 14.0. The topological polar surface area (TPSA) is 81.0 Å². The summed E-state index contributed by atoms with van der Waals surface area (Å²) in [5.74, 6) is 0.0235. The average Bonchev–Trinajstić information content (AvgIpc) is 2.33. The molecule has 98 valence electrons. The minimum Gasteiger partial charge on any atom is -0.334 e. The van der Waals surface area contributed by atoms with Gasteiger partial charge < -0.3 is 5.32 Å². The van der Waals surface area contributed by atoms with Gasteiger partial charge in [-0.1, -0.05) is 29.3 Å². The van der Waals surface area contributed by atoms with E-state index in [-0.39, 0.29) is 16.7 Å². The van der Waals surface area contributed by atoms with Gasteiger partial charge in [-0.15, -0.1) is 0 Å². The Morgan fingerprint density at radius 1 is 1.32 bits per heavy atom. The quantitative estimate of drug-likeness (QED) is 0.530. The summed E-state index contributed by atoms with van der Waals surface area (Å²) in [6.07, 6.45) is 1.15. The fraction of sp³-hybridized carbons (Fsp3) is 0.0909. The zero-order valence-electron chi connectivity index (χ0n) is 9.72.